The van der Waals surface area contributed by atoms with Crippen LogP contribution in [-0.4, -0.2) is 80.0 Å². The van der Waals surface area contributed by atoms with Crippen LogP contribution in [0.3, 0.4) is 0 Å². The fourth-order valence-corrected chi connectivity index (χ4v) is 6.11. The van der Waals surface area contributed by atoms with E-state index in [4.69, 9.17) is 15.4 Å². The number of hydrogen-bond donors (Lipinski definition) is 6. The largest absolute Gasteiger partial charge is 0.510 e. The predicted octanol–water partition coefficient (Wildman–Crippen LogP) is 1.19. The lowest BCUT2D eigenvalue weighted by Gasteiger charge is -2.50. The highest BCUT2D eigenvalue weighted by atomic mass is 16.4. The van der Waals surface area contributed by atoms with E-state index in [9.17, 15) is 34.8 Å². The molecule has 0 saturated heterocycles. The zero-order valence-electron chi connectivity index (χ0n) is 20.4. The molecular formula is C26H25N3O9. The molecule has 0 spiro atoms. The SMILES string of the molecule is CN(C)[C@H]1C(O)=C(C(N)=O)C(=O)[C@@]2(O)C(O)=C3C(=O)c4c(O)ccc(-c5ccc(/C=N/O)o5)c4C[C@H]3C[C@@H]12. The Morgan fingerprint density at radius 1 is 1.18 bits per heavy atom. The number of nitrogens with zero attached hydrogens (tertiary/aromatic N) is 2. The zero-order chi connectivity index (χ0) is 27.7. The average Bonchev–Trinajstić information content (AvgIpc) is 3.29. The van der Waals surface area contributed by atoms with Crippen molar-refractivity contribution >= 4 is 23.7 Å². The second-order valence-corrected chi connectivity index (χ2v) is 9.90. The molecule has 0 aliphatic heterocycles. The van der Waals surface area contributed by atoms with Gasteiger partial charge in [0.1, 0.15) is 40.6 Å². The Balaban J connectivity index is 1.70. The normalized spacial score (nSPS) is 27.1. The number of ketones is 2. The minimum Gasteiger partial charge on any atom is -0.510 e. The number of allylic oxidation sites excluding steroid dienone is 1. The number of phenols is 1. The third-order valence-corrected chi connectivity index (χ3v) is 7.68. The van der Waals surface area contributed by atoms with E-state index in [1.54, 1.807) is 32.3 Å². The lowest BCUT2D eigenvalue weighted by Crippen LogP contribution is -2.63. The van der Waals surface area contributed by atoms with Crippen LogP contribution in [0.1, 0.15) is 28.1 Å². The van der Waals surface area contributed by atoms with Crippen molar-refractivity contribution in [2.45, 2.75) is 24.5 Å². The van der Waals surface area contributed by atoms with Gasteiger partial charge in [0, 0.05) is 17.1 Å². The van der Waals surface area contributed by atoms with Gasteiger partial charge < -0.3 is 35.8 Å². The van der Waals surface area contributed by atoms with Crippen molar-refractivity contribution in [2.24, 2.45) is 22.7 Å². The summed E-state index contributed by atoms with van der Waals surface area (Å²) >= 11 is 0. The molecule has 2 aromatic rings. The summed E-state index contributed by atoms with van der Waals surface area (Å²) in [6.45, 7) is 0. The van der Waals surface area contributed by atoms with E-state index < -0.39 is 58.0 Å². The first-order chi connectivity index (χ1) is 17.9. The van der Waals surface area contributed by atoms with Crippen LogP contribution in [0.2, 0.25) is 0 Å². The van der Waals surface area contributed by atoms with Gasteiger partial charge in [-0.2, -0.15) is 0 Å². The van der Waals surface area contributed by atoms with Crippen LogP contribution in [-0.2, 0) is 16.0 Å². The van der Waals surface area contributed by atoms with Gasteiger partial charge in [0.15, 0.2) is 11.4 Å². The van der Waals surface area contributed by atoms with Gasteiger partial charge >= 0.3 is 0 Å². The molecule has 1 amide bonds. The van der Waals surface area contributed by atoms with E-state index in [2.05, 4.69) is 5.16 Å². The van der Waals surface area contributed by atoms with E-state index in [1.807, 2.05) is 0 Å². The number of furan rings is 1. The predicted molar refractivity (Wildman–Crippen MR) is 131 cm³/mol. The van der Waals surface area contributed by atoms with Crippen LogP contribution in [0.25, 0.3) is 11.3 Å². The fraction of sp³-hybridized carbons (Fsp3) is 0.308. The third kappa shape index (κ3) is 3.30. The summed E-state index contributed by atoms with van der Waals surface area (Å²) in [5, 5.41) is 56.1. The molecule has 12 nitrogen and oxygen atoms in total. The van der Waals surface area contributed by atoms with Gasteiger partial charge in [-0.15, -0.1) is 0 Å². The van der Waals surface area contributed by atoms with Crippen LogP contribution >= 0.6 is 0 Å². The number of amides is 1. The topological polar surface area (TPSA) is 207 Å². The Bertz CT molecular complexity index is 1500. The molecule has 1 aromatic heterocycles. The molecule has 0 saturated carbocycles. The van der Waals surface area contributed by atoms with Gasteiger partial charge in [0.05, 0.1) is 11.6 Å². The second kappa shape index (κ2) is 8.57. The number of phenolic OH excluding ortho intramolecular Hbond substituents is 1. The highest BCUT2D eigenvalue weighted by molar-refractivity contribution is 6.24. The lowest BCUT2D eigenvalue weighted by atomic mass is 9.58. The number of aromatic hydroxyl groups is 1. The molecule has 7 N–H and O–H groups in total. The lowest BCUT2D eigenvalue weighted by molar-refractivity contribution is -0.148. The van der Waals surface area contributed by atoms with Crippen LogP contribution in [0.4, 0.5) is 0 Å². The first kappa shape index (κ1) is 25.2. The molecule has 1 aromatic carbocycles. The molecule has 4 atom stereocenters. The maximum atomic E-state index is 13.7. The maximum absolute atomic E-state index is 13.7. The molecule has 0 bridgehead atoms. The number of fused-ring (bicyclic) bond motifs is 3. The van der Waals surface area contributed by atoms with Gasteiger partial charge in [-0.05, 0) is 62.7 Å². The van der Waals surface area contributed by atoms with E-state index in [0.29, 0.717) is 16.9 Å². The van der Waals surface area contributed by atoms with E-state index >= 15 is 0 Å². The standard InChI is InChI=1S/C26H25N3O9/c1-29(2)20-14-8-10-7-13-12(16-6-3-11(38-16)9-28-37)4-5-15(30)18(13)21(31)17(10)23(33)26(14,36)24(34)19(22(20)32)25(27)35/h3-6,9-10,14,20,30,32-33,36-37H,7-8H2,1-2H3,(H2,27,35)/b28-9+/t10-,14-,20+,26-/m0/s1. The maximum Gasteiger partial charge on any atom is 0.255 e. The number of hydrogen-bond acceptors (Lipinski definition) is 11. The van der Waals surface area contributed by atoms with Gasteiger partial charge in [-0.25, -0.2) is 0 Å². The number of likely N-dealkylation sites (N-methyl/N-ethyl adjacent to an activating group) is 1. The quantitative estimate of drug-likeness (QED) is 0.146. The molecule has 0 fully saturated rings. The Labute approximate surface area is 215 Å². The molecule has 0 unspecified atom stereocenters. The molecule has 3 aliphatic carbocycles. The number of oxime groups is 1. The summed E-state index contributed by atoms with van der Waals surface area (Å²) in [6.07, 6.45) is 1.17. The Morgan fingerprint density at radius 3 is 2.53 bits per heavy atom. The molecular weight excluding hydrogens is 498 g/mol. The Kier molecular flexibility index (Phi) is 5.69. The number of Topliss-reactive ketones (excluding diaryl/α,β-unsaturated/α-hetero) is 2. The molecule has 0 radical (unpaired) electrons. The van der Waals surface area contributed by atoms with Crippen molar-refractivity contribution in [2.75, 3.05) is 14.1 Å². The summed E-state index contributed by atoms with van der Waals surface area (Å²) in [7, 11) is 3.13. The van der Waals surface area contributed by atoms with Crippen LogP contribution < -0.4 is 5.73 Å². The average molecular weight is 523 g/mol. The first-order valence-corrected chi connectivity index (χ1v) is 11.7. The summed E-state index contributed by atoms with van der Waals surface area (Å²) in [5.41, 5.74) is 2.31. The van der Waals surface area contributed by atoms with Gasteiger partial charge in [0.2, 0.25) is 5.78 Å². The smallest absolute Gasteiger partial charge is 0.255 e. The van der Waals surface area contributed by atoms with Crippen LogP contribution in [0.15, 0.2) is 56.5 Å². The van der Waals surface area contributed by atoms with E-state index in [0.717, 1.165) is 6.21 Å². The summed E-state index contributed by atoms with van der Waals surface area (Å²) in [5.74, 6) is -6.56. The first-order valence-electron chi connectivity index (χ1n) is 11.7. The summed E-state index contributed by atoms with van der Waals surface area (Å²) in [6, 6.07) is 4.93. The number of rotatable bonds is 4. The number of benzene rings is 1. The number of nitrogens with two attached hydrogens (primary N) is 1. The van der Waals surface area contributed by atoms with Crippen molar-refractivity contribution in [3.8, 4) is 17.1 Å². The third-order valence-electron chi connectivity index (χ3n) is 7.68. The summed E-state index contributed by atoms with van der Waals surface area (Å²) in [4.78, 5) is 40.6. The Morgan fingerprint density at radius 2 is 1.89 bits per heavy atom. The molecule has 12 heteroatoms. The summed E-state index contributed by atoms with van der Waals surface area (Å²) < 4.78 is 5.68. The van der Waals surface area contributed by atoms with Gasteiger partial charge in [0.25, 0.3) is 5.91 Å². The second-order valence-electron chi connectivity index (χ2n) is 9.90. The molecule has 3 aliphatic rings. The van der Waals surface area contributed by atoms with Crippen molar-refractivity contribution in [3.63, 3.8) is 0 Å². The highest BCUT2D eigenvalue weighted by Gasteiger charge is 2.63. The Hall–Kier alpha value is -4.42. The monoisotopic (exact) mass is 523 g/mol. The van der Waals surface area contributed by atoms with Crippen molar-refractivity contribution in [1.82, 2.24) is 4.90 Å². The number of aliphatic hydroxyl groups is 3. The van der Waals surface area contributed by atoms with Crippen LogP contribution in [0.5, 0.6) is 5.75 Å². The number of carbonyl (C=O) groups is 3. The zero-order valence-corrected chi connectivity index (χ0v) is 20.4. The number of aliphatic hydroxyl groups excluding tert-OH is 2. The van der Waals surface area contributed by atoms with Gasteiger partial charge in [-0.1, -0.05) is 5.16 Å². The molecule has 1 heterocycles. The van der Waals surface area contributed by atoms with E-state index in [1.165, 1.54) is 11.0 Å². The molecule has 198 valence electrons. The minimum atomic E-state index is -2.70. The number of carbonyl (C=O) groups excluding carboxylic acids is 3. The van der Waals surface area contributed by atoms with Crippen molar-refractivity contribution < 1.29 is 44.4 Å². The number of primary amides is 1. The van der Waals surface area contributed by atoms with Crippen LogP contribution in [0, 0.1) is 11.8 Å². The van der Waals surface area contributed by atoms with Gasteiger partial charge in [-0.3, -0.25) is 19.3 Å². The molecule has 38 heavy (non-hydrogen) atoms. The minimum absolute atomic E-state index is 0.0264. The highest BCUT2D eigenvalue weighted by Crippen LogP contribution is 2.53. The van der Waals surface area contributed by atoms with E-state index in [-0.39, 0.29) is 35.5 Å². The fourth-order valence-electron chi connectivity index (χ4n) is 6.11. The molecule has 5 rings (SSSR count). The van der Waals surface area contributed by atoms with Crippen molar-refractivity contribution in [1.29, 1.82) is 0 Å². The van der Waals surface area contributed by atoms with Crippen molar-refractivity contribution in [3.05, 3.63) is 63.8 Å².